The first-order valence-corrected chi connectivity index (χ1v) is 11.9. The molecular weight excluding hydrogens is 474 g/mol. The Morgan fingerprint density at radius 2 is 1.61 bits per heavy atom. The second-order valence-corrected chi connectivity index (χ2v) is 9.20. The summed E-state index contributed by atoms with van der Waals surface area (Å²) in [5, 5.41) is 3.33. The molecule has 164 valence electrons. The molecule has 0 unspecified atom stereocenters. The maximum atomic E-state index is 13.5. The zero-order valence-electron chi connectivity index (χ0n) is 18.4. The maximum absolute atomic E-state index is 13.5. The summed E-state index contributed by atoms with van der Waals surface area (Å²) in [4.78, 5) is 15.2. The van der Waals surface area contributed by atoms with Crippen molar-refractivity contribution in [3.05, 3.63) is 118 Å². The third kappa shape index (κ3) is 4.44. The van der Waals surface area contributed by atoms with Gasteiger partial charge in [0.1, 0.15) is 5.58 Å². The lowest BCUT2D eigenvalue weighted by Crippen LogP contribution is -2.26. The number of fused-ring (bicyclic) bond motifs is 2. The van der Waals surface area contributed by atoms with Gasteiger partial charge in [-0.05, 0) is 52.9 Å². The largest absolute Gasteiger partial charge is 0.451 e. The Kier molecular flexibility index (Phi) is 6.01. The van der Waals surface area contributed by atoms with Gasteiger partial charge in [0.25, 0.3) is 5.91 Å². The molecule has 0 N–H and O–H groups in total. The van der Waals surface area contributed by atoms with Gasteiger partial charge in [-0.15, -0.1) is 0 Å². The van der Waals surface area contributed by atoms with Crippen LogP contribution in [0, 0.1) is 0 Å². The SMILES string of the molecule is CN(Cc1ccc2c(Br)cccc2c1)C(=O)c1oc2ccccc2c1CCc1ccccc1. The van der Waals surface area contributed by atoms with Crippen molar-refractivity contribution >= 4 is 43.6 Å². The van der Waals surface area contributed by atoms with E-state index in [2.05, 4.69) is 52.3 Å². The average Bonchev–Trinajstić information content (AvgIpc) is 3.21. The van der Waals surface area contributed by atoms with Gasteiger partial charge in [-0.25, -0.2) is 0 Å². The maximum Gasteiger partial charge on any atom is 0.289 e. The minimum atomic E-state index is -0.0939. The zero-order chi connectivity index (χ0) is 22.8. The van der Waals surface area contributed by atoms with Crippen molar-refractivity contribution in [2.24, 2.45) is 0 Å². The molecule has 0 spiro atoms. The van der Waals surface area contributed by atoms with Crippen LogP contribution in [0.1, 0.15) is 27.2 Å². The first-order chi connectivity index (χ1) is 16.1. The van der Waals surface area contributed by atoms with Gasteiger partial charge in [-0.3, -0.25) is 4.79 Å². The molecule has 0 saturated carbocycles. The molecule has 5 rings (SSSR count). The topological polar surface area (TPSA) is 33.5 Å². The molecule has 0 bridgehead atoms. The molecule has 0 atom stereocenters. The minimum absolute atomic E-state index is 0.0939. The highest BCUT2D eigenvalue weighted by Crippen LogP contribution is 2.29. The monoisotopic (exact) mass is 497 g/mol. The van der Waals surface area contributed by atoms with Crippen LogP contribution in [0.4, 0.5) is 0 Å². The molecule has 0 aliphatic carbocycles. The summed E-state index contributed by atoms with van der Waals surface area (Å²) < 4.78 is 7.17. The van der Waals surface area contributed by atoms with Crippen LogP contribution in [-0.4, -0.2) is 17.9 Å². The fraction of sp³-hybridized carbons (Fsp3) is 0.138. The summed E-state index contributed by atoms with van der Waals surface area (Å²) in [6, 6.07) is 30.7. The van der Waals surface area contributed by atoms with Gasteiger partial charge in [0, 0.05) is 29.0 Å². The van der Waals surface area contributed by atoms with Crippen LogP contribution in [0.2, 0.25) is 0 Å². The van der Waals surface area contributed by atoms with E-state index in [1.807, 2.05) is 61.6 Å². The van der Waals surface area contributed by atoms with Crippen molar-refractivity contribution < 1.29 is 9.21 Å². The quantitative estimate of drug-likeness (QED) is 0.244. The van der Waals surface area contributed by atoms with Crippen LogP contribution in [0.25, 0.3) is 21.7 Å². The van der Waals surface area contributed by atoms with Crippen LogP contribution in [0.15, 0.2) is 99.9 Å². The molecule has 4 aromatic carbocycles. The summed E-state index contributed by atoms with van der Waals surface area (Å²) in [5.74, 6) is 0.349. The molecule has 0 saturated heterocycles. The van der Waals surface area contributed by atoms with Crippen LogP contribution >= 0.6 is 15.9 Å². The highest BCUT2D eigenvalue weighted by Gasteiger charge is 2.23. The summed E-state index contributed by atoms with van der Waals surface area (Å²) >= 11 is 3.61. The normalized spacial score (nSPS) is 11.2. The smallest absolute Gasteiger partial charge is 0.289 e. The number of nitrogens with zero attached hydrogens (tertiary/aromatic N) is 1. The van der Waals surface area contributed by atoms with Crippen molar-refractivity contribution in [1.29, 1.82) is 0 Å². The van der Waals surface area contributed by atoms with Gasteiger partial charge >= 0.3 is 0 Å². The third-order valence-corrected chi connectivity index (χ3v) is 6.75. The second kappa shape index (κ2) is 9.24. The molecule has 0 fully saturated rings. The molecule has 0 aliphatic heterocycles. The van der Waals surface area contributed by atoms with Crippen LogP contribution in [-0.2, 0) is 19.4 Å². The molecule has 1 aromatic heterocycles. The molecule has 0 aliphatic rings. The van der Waals surface area contributed by atoms with Crippen molar-refractivity contribution in [1.82, 2.24) is 4.90 Å². The first kappa shape index (κ1) is 21.5. The average molecular weight is 498 g/mol. The number of benzene rings is 4. The molecule has 5 aromatic rings. The van der Waals surface area contributed by atoms with E-state index < -0.39 is 0 Å². The van der Waals surface area contributed by atoms with Crippen LogP contribution in [0.5, 0.6) is 0 Å². The van der Waals surface area contributed by atoms with E-state index >= 15 is 0 Å². The lowest BCUT2D eigenvalue weighted by molar-refractivity contribution is 0.0754. The van der Waals surface area contributed by atoms with E-state index in [9.17, 15) is 4.79 Å². The van der Waals surface area contributed by atoms with Crippen LogP contribution < -0.4 is 0 Å². The van der Waals surface area contributed by atoms with Crippen molar-refractivity contribution in [3.8, 4) is 0 Å². The van der Waals surface area contributed by atoms with E-state index in [-0.39, 0.29) is 5.91 Å². The van der Waals surface area contributed by atoms with Gasteiger partial charge in [0.2, 0.25) is 0 Å². The Labute approximate surface area is 201 Å². The Balaban J connectivity index is 1.42. The van der Waals surface area contributed by atoms with Gasteiger partial charge in [-0.1, -0.05) is 88.7 Å². The van der Waals surface area contributed by atoms with Crippen molar-refractivity contribution in [2.75, 3.05) is 7.05 Å². The van der Waals surface area contributed by atoms with E-state index in [0.717, 1.165) is 50.2 Å². The highest BCUT2D eigenvalue weighted by atomic mass is 79.9. The minimum Gasteiger partial charge on any atom is -0.451 e. The molecule has 4 heteroatoms. The van der Waals surface area contributed by atoms with E-state index in [0.29, 0.717) is 12.3 Å². The number of para-hydroxylation sites is 1. The molecule has 0 radical (unpaired) electrons. The van der Waals surface area contributed by atoms with Crippen molar-refractivity contribution in [2.45, 2.75) is 19.4 Å². The summed E-state index contributed by atoms with van der Waals surface area (Å²) in [7, 11) is 1.83. The lowest BCUT2D eigenvalue weighted by atomic mass is 10.0. The Morgan fingerprint density at radius 3 is 2.45 bits per heavy atom. The highest BCUT2D eigenvalue weighted by molar-refractivity contribution is 9.10. The predicted octanol–water partition coefficient (Wildman–Crippen LogP) is 7.41. The number of carbonyl (C=O) groups excluding carboxylic acids is 1. The number of aryl methyl sites for hydroxylation is 2. The molecule has 1 amide bonds. The standard InChI is InChI=1S/C29H24BrNO2/c1-31(19-21-15-16-23-22(18-21)10-7-12-26(23)30)29(32)28-25(17-14-20-8-3-2-4-9-20)24-11-5-6-13-27(24)33-28/h2-13,15-16,18H,14,17,19H2,1H3. The molecule has 3 nitrogen and oxygen atoms in total. The predicted molar refractivity (Wildman–Crippen MR) is 138 cm³/mol. The van der Waals surface area contributed by atoms with E-state index in [1.54, 1.807) is 4.90 Å². The fourth-order valence-electron chi connectivity index (χ4n) is 4.34. The Hall–Kier alpha value is -3.37. The lowest BCUT2D eigenvalue weighted by Gasteiger charge is -2.17. The van der Waals surface area contributed by atoms with Crippen LogP contribution in [0.3, 0.4) is 0 Å². The molecule has 1 heterocycles. The number of hydrogen-bond donors (Lipinski definition) is 0. The number of amides is 1. The van der Waals surface area contributed by atoms with Gasteiger partial charge in [0.15, 0.2) is 5.76 Å². The number of furan rings is 1. The van der Waals surface area contributed by atoms with E-state index in [4.69, 9.17) is 4.42 Å². The second-order valence-electron chi connectivity index (χ2n) is 8.35. The fourth-order valence-corrected chi connectivity index (χ4v) is 4.86. The third-order valence-electron chi connectivity index (χ3n) is 6.06. The molecular formula is C29H24BrNO2. The van der Waals surface area contributed by atoms with E-state index in [1.165, 1.54) is 5.56 Å². The number of rotatable bonds is 6. The Bertz CT molecular complexity index is 1440. The zero-order valence-corrected chi connectivity index (χ0v) is 20.0. The number of halogens is 1. The first-order valence-electron chi connectivity index (χ1n) is 11.1. The van der Waals surface area contributed by atoms with Gasteiger partial charge in [0.05, 0.1) is 0 Å². The number of carbonyl (C=O) groups is 1. The molecule has 33 heavy (non-hydrogen) atoms. The summed E-state index contributed by atoms with van der Waals surface area (Å²) in [5.41, 5.74) is 4.07. The van der Waals surface area contributed by atoms with Crippen molar-refractivity contribution in [3.63, 3.8) is 0 Å². The summed E-state index contributed by atoms with van der Waals surface area (Å²) in [6.07, 6.45) is 1.61. The number of hydrogen-bond acceptors (Lipinski definition) is 2. The Morgan fingerprint density at radius 1 is 0.818 bits per heavy atom. The van der Waals surface area contributed by atoms with Gasteiger partial charge < -0.3 is 9.32 Å². The van der Waals surface area contributed by atoms with Gasteiger partial charge in [-0.2, -0.15) is 0 Å². The summed E-state index contributed by atoms with van der Waals surface area (Å²) in [6.45, 7) is 0.510.